The van der Waals surface area contributed by atoms with E-state index in [0.29, 0.717) is 6.04 Å². The molecule has 1 aromatic carbocycles. The van der Waals surface area contributed by atoms with Crippen molar-refractivity contribution >= 4 is 29.9 Å². The highest BCUT2D eigenvalue weighted by Crippen LogP contribution is 2.22. The van der Waals surface area contributed by atoms with Crippen LogP contribution in [0.15, 0.2) is 41.4 Å². The summed E-state index contributed by atoms with van der Waals surface area (Å²) in [6, 6.07) is 9.36. The summed E-state index contributed by atoms with van der Waals surface area (Å²) < 4.78 is 0. The van der Waals surface area contributed by atoms with Gasteiger partial charge in [0.2, 0.25) is 0 Å². The van der Waals surface area contributed by atoms with E-state index in [2.05, 4.69) is 79.1 Å². The van der Waals surface area contributed by atoms with Crippen LogP contribution in [0.1, 0.15) is 51.7 Å². The minimum absolute atomic E-state index is 0. The van der Waals surface area contributed by atoms with Crippen molar-refractivity contribution in [2.45, 2.75) is 58.5 Å². The molecule has 2 rings (SSSR count). The molecule has 0 atom stereocenters. The van der Waals surface area contributed by atoms with Crippen LogP contribution in [0.4, 0.5) is 0 Å². The second-order valence-electron chi connectivity index (χ2n) is 8.52. The van der Waals surface area contributed by atoms with Crippen LogP contribution in [-0.2, 0) is 12.0 Å². The van der Waals surface area contributed by atoms with Crippen molar-refractivity contribution in [2.75, 3.05) is 26.7 Å². The van der Waals surface area contributed by atoms with E-state index in [9.17, 15) is 0 Å². The lowest BCUT2D eigenvalue weighted by atomic mass is 9.87. The van der Waals surface area contributed by atoms with Gasteiger partial charge in [-0.3, -0.25) is 9.89 Å². The Morgan fingerprint density at radius 3 is 2.26 bits per heavy atom. The highest BCUT2D eigenvalue weighted by atomic mass is 127. The van der Waals surface area contributed by atoms with E-state index in [4.69, 9.17) is 0 Å². The zero-order valence-corrected chi connectivity index (χ0v) is 20.0. The molecule has 1 aliphatic heterocycles. The van der Waals surface area contributed by atoms with Crippen molar-refractivity contribution in [2.24, 2.45) is 4.99 Å². The first-order chi connectivity index (χ1) is 12.3. The van der Waals surface area contributed by atoms with Crippen LogP contribution in [-0.4, -0.2) is 43.6 Å². The molecule has 4 nitrogen and oxygen atoms in total. The number of guanidine groups is 1. The smallest absolute Gasteiger partial charge is 0.191 e. The molecule has 1 aromatic rings. The summed E-state index contributed by atoms with van der Waals surface area (Å²) in [4.78, 5) is 6.87. The fraction of sp³-hybridized carbons (Fsp3) is 0.591. The number of piperidine rings is 1. The fourth-order valence-corrected chi connectivity index (χ4v) is 3.31. The molecule has 0 aliphatic carbocycles. The minimum Gasteiger partial charge on any atom is -0.354 e. The molecule has 152 valence electrons. The molecule has 0 unspecified atom stereocenters. The number of aliphatic imine (C=N–C) groups is 1. The second kappa shape index (κ2) is 11.1. The van der Waals surface area contributed by atoms with Crippen LogP contribution in [0.5, 0.6) is 0 Å². The van der Waals surface area contributed by atoms with Crippen molar-refractivity contribution in [1.29, 1.82) is 0 Å². The zero-order chi connectivity index (χ0) is 19.2. The van der Waals surface area contributed by atoms with Gasteiger partial charge in [0, 0.05) is 39.3 Å². The Hall–Kier alpha value is -1.08. The highest BCUT2D eigenvalue weighted by Gasteiger charge is 2.19. The van der Waals surface area contributed by atoms with Gasteiger partial charge in [0.25, 0.3) is 0 Å². The lowest BCUT2D eigenvalue weighted by Gasteiger charge is -2.33. The standard InChI is InChI=1S/C22H36N4.HI/c1-17(2)16-26-13-11-20(12-14-26)25-21(23-6)24-15-18-7-9-19(10-8-18)22(3,4)5;/h7-10,20H,1,11-16H2,2-6H3,(H2,23,24,25);1H. The van der Waals surface area contributed by atoms with Crippen molar-refractivity contribution in [3.63, 3.8) is 0 Å². The Kier molecular flexibility index (Phi) is 9.81. The molecule has 0 spiro atoms. The second-order valence-corrected chi connectivity index (χ2v) is 8.52. The van der Waals surface area contributed by atoms with Gasteiger partial charge in [-0.05, 0) is 36.3 Å². The maximum Gasteiger partial charge on any atom is 0.191 e. The van der Waals surface area contributed by atoms with Crippen LogP contribution in [0.2, 0.25) is 0 Å². The van der Waals surface area contributed by atoms with Crippen LogP contribution >= 0.6 is 24.0 Å². The van der Waals surface area contributed by atoms with Gasteiger partial charge in [-0.15, -0.1) is 24.0 Å². The molecule has 1 saturated heterocycles. The average Bonchev–Trinajstić information content (AvgIpc) is 2.59. The molecule has 2 N–H and O–H groups in total. The number of benzene rings is 1. The SMILES string of the molecule is C=C(C)CN1CCC(NC(=NC)NCc2ccc(C(C)(C)C)cc2)CC1.I. The molecular weight excluding hydrogens is 447 g/mol. The van der Waals surface area contributed by atoms with Gasteiger partial charge >= 0.3 is 0 Å². The summed E-state index contributed by atoms with van der Waals surface area (Å²) in [7, 11) is 1.84. The molecule has 0 saturated carbocycles. The summed E-state index contributed by atoms with van der Waals surface area (Å²) in [5, 5.41) is 7.02. The number of nitrogens with zero attached hydrogens (tertiary/aromatic N) is 2. The van der Waals surface area contributed by atoms with Gasteiger partial charge in [-0.1, -0.05) is 57.2 Å². The first kappa shape index (κ1) is 24.0. The topological polar surface area (TPSA) is 39.7 Å². The van der Waals surface area contributed by atoms with E-state index in [-0.39, 0.29) is 29.4 Å². The molecule has 5 heteroatoms. The van der Waals surface area contributed by atoms with Gasteiger partial charge in [-0.25, -0.2) is 0 Å². The van der Waals surface area contributed by atoms with Gasteiger partial charge < -0.3 is 10.6 Å². The van der Waals surface area contributed by atoms with E-state index in [1.54, 1.807) is 0 Å². The quantitative estimate of drug-likeness (QED) is 0.283. The lowest BCUT2D eigenvalue weighted by molar-refractivity contribution is 0.221. The Morgan fingerprint density at radius 1 is 1.19 bits per heavy atom. The highest BCUT2D eigenvalue weighted by molar-refractivity contribution is 14.0. The summed E-state index contributed by atoms with van der Waals surface area (Å²) in [6.45, 7) is 16.9. The largest absolute Gasteiger partial charge is 0.354 e. The van der Waals surface area contributed by atoms with Crippen molar-refractivity contribution in [3.8, 4) is 0 Å². The summed E-state index contributed by atoms with van der Waals surface area (Å²) in [5.41, 5.74) is 4.08. The van der Waals surface area contributed by atoms with E-state index in [1.165, 1.54) is 16.7 Å². The molecule has 1 aliphatic rings. The van der Waals surface area contributed by atoms with E-state index in [1.807, 2.05) is 7.05 Å². The Labute approximate surface area is 182 Å². The molecular formula is C22H37IN4. The van der Waals surface area contributed by atoms with E-state index < -0.39 is 0 Å². The van der Waals surface area contributed by atoms with Crippen LogP contribution < -0.4 is 10.6 Å². The third-order valence-corrected chi connectivity index (χ3v) is 4.93. The van der Waals surface area contributed by atoms with Gasteiger partial charge in [0.1, 0.15) is 0 Å². The fourth-order valence-electron chi connectivity index (χ4n) is 3.31. The van der Waals surface area contributed by atoms with E-state index >= 15 is 0 Å². The third kappa shape index (κ3) is 8.21. The van der Waals surface area contributed by atoms with Gasteiger partial charge in [0.15, 0.2) is 5.96 Å². The number of likely N-dealkylation sites (tertiary alicyclic amines) is 1. The van der Waals surface area contributed by atoms with Crippen molar-refractivity contribution < 1.29 is 0 Å². The monoisotopic (exact) mass is 484 g/mol. The number of halogens is 1. The normalized spacial score (nSPS) is 16.6. The molecule has 0 aromatic heterocycles. The molecule has 1 heterocycles. The Balaban J connectivity index is 0.00000364. The van der Waals surface area contributed by atoms with Crippen molar-refractivity contribution in [3.05, 3.63) is 47.5 Å². The lowest BCUT2D eigenvalue weighted by Crippen LogP contribution is -2.48. The molecule has 0 radical (unpaired) electrons. The molecule has 27 heavy (non-hydrogen) atoms. The first-order valence-electron chi connectivity index (χ1n) is 9.71. The Bertz CT molecular complexity index is 608. The van der Waals surface area contributed by atoms with Gasteiger partial charge in [-0.2, -0.15) is 0 Å². The predicted molar refractivity (Wildman–Crippen MR) is 128 cm³/mol. The van der Waals surface area contributed by atoms with Crippen LogP contribution in [0.25, 0.3) is 0 Å². The minimum atomic E-state index is 0. The maximum absolute atomic E-state index is 4.39. The van der Waals surface area contributed by atoms with Crippen LogP contribution in [0, 0.1) is 0 Å². The molecule has 0 amide bonds. The zero-order valence-electron chi connectivity index (χ0n) is 17.6. The third-order valence-electron chi connectivity index (χ3n) is 4.93. The predicted octanol–water partition coefficient (Wildman–Crippen LogP) is 4.31. The number of hydrogen-bond acceptors (Lipinski definition) is 2. The van der Waals surface area contributed by atoms with Crippen LogP contribution in [0.3, 0.4) is 0 Å². The summed E-state index contributed by atoms with van der Waals surface area (Å²) in [6.07, 6.45) is 2.29. The Morgan fingerprint density at radius 2 is 1.78 bits per heavy atom. The average molecular weight is 484 g/mol. The summed E-state index contributed by atoms with van der Waals surface area (Å²) >= 11 is 0. The number of rotatable bonds is 5. The van der Waals surface area contributed by atoms with Crippen molar-refractivity contribution in [1.82, 2.24) is 15.5 Å². The summed E-state index contributed by atoms with van der Waals surface area (Å²) in [5.74, 6) is 0.892. The first-order valence-corrected chi connectivity index (χ1v) is 9.71. The van der Waals surface area contributed by atoms with E-state index in [0.717, 1.165) is 45.0 Å². The number of hydrogen-bond donors (Lipinski definition) is 2. The number of nitrogens with one attached hydrogen (secondary N) is 2. The maximum atomic E-state index is 4.39. The molecule has 1 fully saturated rings. The molecule has 0 bridgehead atoms. The van der Waals surface area contributed by atoms with Gasteiger partial charge in [0.05, 0.1) is 0 Å².